The number of rotatable bonds is 16. The monoisotopic (exact) mass is 503 g/mol. The molecule has 0 fully saturated rings. The van der Waals surface area contributed by atoms with Crippen LogP contribution in [0.2, 0.25) is 0 Å². The topological polar surface area (TPSA) is 70.0 Å². The molecule has 3 rings (SSSR count). The molecule has 0 aliphatic rings. The van der Waals surface area contributed by atoms with E-state index >= 15 is 0 Å². The first-order chi connectivity index (χ1) is 18.1. The van der Waals surface area contributed by atoms with Crippen molar-refractivity contribution in [3.63, 3.8) is 0 Å². The third-order valence-corrected chi connectivity index (χ3v) is 6.68. The van der Waals surface area contributed by atoms with Crippen molar-refractivity contribution in [3.8, 4) is 5.75 Å². The van der Waals surface area contributed by atoms with Crippen LogP contribution in [-0.4, -0.2) is 29.3 Å². The molecule has 0 aliphatic heterocycles. The highest BCUT2D eigenvalue weighted by Gasteiger charge is 2.17. The van der Waals surface area contributed by atoms with Crippen molar-refractivity contribution in [1.29, 1.82) is 0 Å². The lowest BCUT2D eigenvalue weighted by Gasteiger charge is -2.25. The van der Waals surface area contributed by atoms with Gasteiger partial charge in [-0.25, -0.2) is 0 Å². The van der Waals surface area contributed by atoms with E-state index in [1.807, 2.05) is 36.4 Å². The number of phenolic OH excluding ortho intramolecular Hbond substituents is 1. The quantitative estimate of drug-likeness (QED) is 0.217. The van der Waals surface area contributed by atoms with Gasteiger partial charge in [-0.15, -0.1) is 0 Å². The number of hydrogen-bond donors (Lipinski definition) is 2. The number of hydrogen-bond acceptors (Lipinski definition) is 4. The number of para-hydroxylation sites is 1. The zero-order valence-corrected chi connectivity index (χ0v) is 22.1. The Labute approximate surface area is 221 Å². The Morgan fingerprint density at radius 2 is 1.43 bits per heavy atom. The second-order valence-electron chi connectivity index (χ2n) is 9.56. The maximum absolute atomic E-state index is 12.5. The molecule has 198 valence electrons. The van der Waals surface area contributed by atoms with E-state index in [9.17, 15) is 15.0 Å². The average molecular weight is 504 g/mol. The zero-order valence-electron chi connectivity index (χ0n) is 22.1. The van der Waals surface area contributed by atoms with Crippen LogP contribution in [0.5, 0.6) is 5.75 Å². The van der Waals surface area contributed by atoms with Gasteiger partial charge in [-0.1, -0.05) is 67.4 Å². The first kappa shape index (κ1) is 28.4. The van der Waals surface area contributed by atoms with Crippen LogP contribution in [0, 0.1) is 0 Å². The van der Waals surface area contributed by atoms with E-state index in [1.165, 1.54) is 5.56 Å². The molecule has 0 unspecified atom stereocenters. The number of nitrogens with zero attached hydrogens (tertiary/aromatic N) is 1. The lowest BCUT2D eigenvalue weighted by Crippen LogP contribution is -2.29. The molecule has 0 radical (unpaired) electrons. The predicted octanol–water partition coefficient (Wildman–Crippen LogP) is 6.58. The molecule has 37 heavy (non-hydrogen) atoms. The number of phenols is 1. The molecule has 5 heteroatoms. The smallest absolute Gasteiger partial charge is 0.224 e. The van der Waals surface area contributed by atoms with Crippen molar-refractivity contribution in [2.75, 3.05) is 18.1 Å². The second kappa shape index (κ2) is 15.9. The number of carbonyl (C=O) groups excluding carboxylic acids is 1. The first-order valence-electron chi connectivity index (χ1n) is 13.5. The summed E-state index contributed by atoms with van der Waals surface area (Å²) < 4.78 is 5.81. The third-order valence-electron chi connectivity index (χ3n) is 6.68. The minimum Gasteiger partial charge on any atom is -0.508 e. The van der Waals surface area contributed by atoms with Crippen molar-refractivity contribution < 1.29 is 19.7 Å². The van der Waals surface area contributed by atoms with E-state index in [1.54, 1.807) is 17.9 Å². The minimum absolute atomic E-state index is 0.0833. The van der Waals surface area contributed by atoms with E-state index in [-0.39, 0.29) is 18.3 Å². The van der Waals surface area contributed by atoms with Gasteiger partial charge in [0.25, 0.3) is 0 Å². The van der Waals surface area contributed by atoms with E-state index in [4.69, 9.17) is 4.74 Å². The molecule has 3 aromatic rings. The van der Waals surface area contributed by atoms with E-state index in [0.29, 0.717) is 6.54 Å². The van der Waals surface area contributed by atoms with Crippen LogP contribution in [0.4, 0.5) is 5.69 Å². The summed E-state index contributed by atoms with van der Waals surface area (Å²) in [6.07, 6.45) is 8.48. The first-order valence-corrected chi connectivity index (χ1v) is 13.5. The van der Waals surface area contributed by atoms with Crippen LogP contribution in [0.15, 0.2) is 72.8 Å². The molecule has 0 bridgehead atoms. The Hall–Kier alpha value is -3.15. The fourth-order valence-corrected chi connectivity index (χ4v) is 4.60. The molecule has 2 N–H and O–H groups in total. The maximum atomic E-state index is 12.5. The van der Waals surface area contributed by atoms with Crippen LogP contribution in [0.1, 0.15) is 67.7 Å². The predicted molar refractivity (Wildman–Crippen MR) is 150 cm³/mol. The number of amides is 1. The Kier molecular flexibility index (Phi) is 12.2. The lowest BCUT2D eigenvalue weighted by atomic mass is 9.99. The summed E-state index contributed by atoms with van der Waals surface area (Å²) in [7, 11) is 0. The van der Waals surface area contributed by atoms with Crippen molar-refractivity contribution in [2.24, 2.45) is 0 Å². The molecule has 0 heterocycles. The highest BCUT2D eigenvalue weighted by atomic mass is 16.5. The number of ether oxygens (including phenoxy) is 1. The number of unbranched alkanes of at least 4 members (excludes halogenated alkanes) is 4. The van der Waals surface area contributed by atoms with Gasteiger partial charge in [-0.3, -0.25) is 4.79 Å². The molecule has 1 amide bonds. The third kappa shape index (κ3) is 9.67. The number of aliphatic hydroxyl groups excluding tert-OH is 1. The summed E-state index contributed by atoms with van der Waals surface area (Å²) in [6.45, 7) is 3.45. The Bertz CT molecular complexity index is 1080. The van der Waals surface area contributed by atoms with Crippen LogP contribution < -0.4 is 4.90 Å². The molecule has 0 atom stereocenters. The number of anilines is 1. The van der Waals surface area contributed by atoms with Gasteiger partial charge in [0.05, 0.1) is 13.2 Å². The summed E-state index contributed by atoms with van der Waals surface area (Å²) in [5.41, 5.74) is 4.90. The van der Waals surface area contributed by atoms with Gasteiger partial charge in [0.15, 0.2) is 0 Å². The van der Waals surface area contributed by atoms with E-state index < -0.39 is 0 Å². The molecule has 5 nitrogen and oxygen atoms in total. The normalized spacial score (nSPS) is 11.0. The van der Waals surface area contributed by atoms with Crippen molar-refractivity contribution in [1.82, 2.24) is 0 Å². The molecule has 0 spiro atoms. The van der Waals surface area contributed by atoms with Gasteiger partial charge >= 0.3 is 0 Å². The number of aromatic hydroxyl groups is 1. The Morgan fingerprint density at radius 1 is 0.757 bits per heavy atom. The summed E-state index contributed by atoms with van der Waals surface area (Å²) in [4.78, 5) is 14.2. The summed E-state index contributed by atoms with van der Waals surface area (Å²) in [6, 6.07) is 23.4. The van der Waals surface area contributed by atoms with Crippen LogP contribution >= 0.6 is 0 Å². The van der Waals surface area contributed by atoms with Crippen molar-refractivity contribution >= 4 is 11.6 Å². The fraction of sp³-hybridized carbons (Fsp3) is 0.406. The SMILES string of the molecule is CC(=O)N(Cc1ccc(O)cc1CCCCCCOCCCCc1ccccc1)c1ccccc1CO. The number of carbonyl (C=O) groups is 1. The maximum Gasteiger partial charge on any atom is 0.224 e. The van der Waals surface area contributed by atoms with Gasteiger partial charge in [-0.05, 0) is 73.4 Å². The Balaban J connectivity index is 1.39. The van der Waals surface area contributed by atoms with Crippen molar-refractivity contribution in [2.45, 2.75) is 71.4 Å². The molecular weight excluding hydrogens is 462 g/mol. The molecule has 0 saturated carbocycles. The number of aliphatic hydroxyl groups is 1. The zero-order chi connectivity index (χ0) is 26.3. The summed E-state index contributed by atoms with van der Waals surface area (Å²) in [5, 5.41) is 19.8. The summed E-state index contributed by atoms with van der Waals surface area (Å²) in [5.74, 6) is 0.157. The Morgan fingerprint density at radius 3 is 2.19 bits per heavy atom. The number of aryl methyl sites for hydroxylation is 2. The van der Waals surface area contributed by atoms with Gasteiger partial charge in [0.1, 0.15) is 5.75 Å². The van der Waals surface area contributed by atoms with E-state index in [2.05, 4.69) is 30.3 Å². The van der Waals surface area contributed by atoms with Gasteiger partial charge < -0.3 is 19.8 Å². The van der Waals surface area contributed by atoms with Crippen LogP contribution in [-0.2, 0) is 35.5 Å². The lowest BCUT2D eigenvalue weighted by molar-refractivity contribution is -0.116. The van der Waals surface area contributed by atoms with Crippen LogP contribution in [0.25, 0.3) is 0 Å². The summed E-state index contributed by atoms with van der Waals surface area (Å²) >= 11 is 0. The van der Waals surface area contributed by atoms with Crippen LogP contribution in [0.3, 0.4) is 0 Å². The highest BCUT2D eigenvalue weighted by molar-refractivity contribution is 5.92. The van der Waals surface area contributed by atoms with E-state index in [0.717, 1.165) is 87.0 Å². The fourth-order valence-electron chi connectivity index (χ4n) is 4.60. The van der Waals surface area contributed by atoms with Gasteiger partial charge in [0.2, 0.25) is 5.91 Å². The molecule has 0 aromatic heterocycles. The molecular formula is C32H41NO4. The molecule has 0 saturated heterocycles. The molecule has 3 aromatic carbocycles. The minimum atomic E-state index is -0.125. The van der Waals surface area contributed by atoms with Gasteiger partial charge in [0, 0.05) is 31.4 Å². The second-order valence-corrected chi connectivity index (χ2v) is 9.56. The average Bonchev–Trinajstić information content (AvgIpc) is 2.91. The highest BCUT2D eigenvalue weighted by Crippen LogP contribution is 2.26. The standard InChI is InChI=1S/C32H41NO4/c1-26(35)33(32-18-9-8-17-30(32)25-34)24-29-19-20-31(36)23-28(29)16-7-2-3-11-21-37-22-12-10-15-27-13-5-4-6-14-27/h4-6,8-9,13-14,17-20,23,34,36H,2-3,7,10-12,15-16,21-22,24-25H2,1H3. The molecule has 0 aliphatic carbocycles. The van der Waals surface area contributed by atoms with Gasteiger partial charge in [-0.2, -0.15) is 0 Å². The largest absolute Gasteiger partial charge is 0.508 e. The van der Waals surface area contributed by atoms with Crippen molar-refractivity contribution in [3.05, 3.63) is 95.1 Å². The number of benzene rings is 3.